The highest BCUT2D eigenvalue weighted by atomic mass is 16.5. The number of likely N-dealkylation sites (tertiary alicyclic amines) is 1. The highest BCUT2D eigenvalue weighted by Gasteiger charge is 2.46. The first-order chi connectivity index (χ1) is 16.0. The van der Waals surface area contributed by atoms with E-state index in [1.54, 1.807) is 36.4 Å². The number of methoxy groups -OCH3 is 1. The Morgan fingerprint density at radius 3 is 2.26 bits per heavy atom. The van der Waals surface area contributed by atoms with Gasteiger partial charge in [-0.3, -0.25) is 14.4 Å². The molecule has 0 aromatic heterocycles. The summed E-state index contributed by atoms with van der Waals surface area (Å²) >= 11 is 0. The van der Waals surface area contributed by atoms with E-state index < -0.39 is 23.7 Å². The van der Waals surface area contributed by atoms with E-state index in [0.29, 0.717) is 35.6 Å². The van der Waals surface area contributed by atoms with Gasteiger partial charge in [0.15, 0.2) is 0 Å². The summed E-state index contributed by atoms with van der Waals surface area (Å²) in [6.45, 7) is 9.70. The van der Waals surface area contributed by atoms with Crippen LogP contribution in [0.2, 0.25) is 0 Å². The van der Waals surface area contributed by atoms with Crippen molar-refractivity contribution in [3.05, 3.63) is 64.7 Å². The molecule has 7 nitrogen and oxygen atoms in total. The summed E-state index contributed by atoms with van der Waals surface area (Å²) in [6.07, 6.45) is 0.637. The zero-order valence-electron chi connectivity index (χ0n) is 20.5. The van der Waals surface area contributed by atoms with Crippen LogP contribution in [0.25, 0.3) is 5.76 Å². The molecular formula is C27H31NO6. The van der Waals surface area contributed by atoms with Crippen molar-refractivity contribution in [3.63, 3.8) is 0 Å². The standard InChI is InChI=1S/C27H31NO6/c1-7-14-28-23(17-8-11-19(12-9-17)34-16(2)29)22(25(31)26(28)32)24(30)20-15-18(27(3,4)5)10-13-21(20)33-6/h8-13,15,23,30H,7,14H2,1-6H3/b24-22+. The van der Waals surface area contributed by atoms with Gasteiger partial charge in [0.05, 0.1) is 24.3 Å². The number of aliphatic hydroxyl groups excluding tert-OH is 1. The molecule has 3 rings (SSSR count). The van der Waals surface area contributed by atoms with Crippen LogP contribution < -0.4 is 9.47 Å². The van der Waals surface area contributed by atoms with Crippen LogP contribution in [0.5, 0.6) is 11.5 Å². The molecule has 0 saturated carbocycles. The minimum absolute atomic E-state index is 0.00282. The predicted octanol–water partition coefficient (Wildman–Crippen LogP) is 4.75. The lowest BCUT2D eigenvalue weighted by Gasteiger charge is -2.25. The molecule has 1 N–H and O–H groups in total. The molecule has 1 amide bonds. The van der Waals surface area contributed by atoms with Gasteiger partial charge in [-0.05, 0) is 47.2 Å². The summed E-state index contributed by atoms with van der Waals surface area (Å²) in [4.78, 5) is 38.8. The molecule has 2 aromatic rings. The predicted molar refractivity (Wildman–Crippen MR) is 129 cm³/mol. The van der Waals surface area contributed by atoms with E-state index in [2.05, 4.69) is 0 Å². The number of carbonyl (C=O) groups excluding carboxylic acids is 3. The number of hydrogen-bond acceptors (Lipinski definition) is 6. The topological polar surface area (TPSA) is 93.1 Å². The third kappa shape index (κ3) is 4.83. The molecule has 2 aromatic carbocycles. The number of ketones is 1. The van der Waals surface area contributed by atoms with Gasteiger partial charge in [0.1, 0.15) is 17.3 Å². The Hall–Kier alpha value is -3.61. The second-order valence-electron chi connectivity index (χ2n) is 9.32. The van der Waals surface area contributed by atoms with Crippen molar-refractivity contribution in [2.45, 2.75) is 52.5 Å². The van der Waals surface area contributed by atoms with Crippen LogP contribution in [-0.4, -0.2) is 41.3 Å². The Morgan fingerprint density at radius 1 is 1.09 bits per heavy atom. The van der Waals surface area contributed by atoms with Crippen LogP contribution in [-0.2, 0) is 19.8 Å². The number of amides is 1. The summed E-state index contributed by atoms with van der Waals surface area (Å²) < 4.78 is 10.6. The van der Waals surface area contributed by atoms with E-state index in [1.807, 2.05) is 33.8 Å². The molecule has 7 heteroatoms. The average molecular weight is 466 g/mol. The summed E-state index contributed by atoms with van der Waals surface area (Å²) in [5.74, 6) is -1.39. The highest BCUT2D eigenvalue weighted by Crippen LogP contribution is 2.42. The van der Waals surface area contributed by atoms with Crippen molar-refractivity contribution in [1.82, 2.24) is 4.90 Å². The maximum Gasteiger partial charge on any atom is 0.308 e. The Kier molecular flexibility index (Phi) is 7.15. The van der Waals surface area contributed by atoms with Gasteiger partial charge in [-0.25, -0.2) is 0 Å². The van der Waals surface area contributed by atoms with Crippen LogP contribution >= 0.6 is 0 Å². The average Bonchev–Trinajstić information content (AvgIpc) is 3.03. The molecule has 1 heterocycles. The second kappa shape index (κ2) is 9.71. The number of aliphatic hydroxyl groups is 1. The molecular weight excluding hydrogens is 434 g/mol. The Bertz CT molecular complexity index is 1140. The third-order valence-corrected chi connectivity index (χ3v) is 5.78. The van der Waals surface area contributed by atoms with Gasteiger partial charge in [-0.1, -0.05) is 45.9 Å². The summed E-state index contributed by atoms with van der Waals surface area (Å²) in [5.41, 5.74) is 1.71. The number of benzene rings is 2. The van der Waals surface area contributed by atoms with Gasteiger partial charge in [0.25, 0.3) is 11.7 Å². The van der Waals surface area contributed by atoms with Gasteiger partial charge in [-0.2, -0.15) is 0 Å². The molecule has 0 aliphatic carbocycles. The Balaban J connectivity index is 2.21. The number of ether oxygens (including phenoxy) is 2. The molecule has 1 saturated heterocycles. The molecule has 0 bridgehead atoms. The van der Waals surface area contributed by atoms with E-state index in [9.17, 15) is 19.5 Å². The SMILES string of the molecule is CCCN1C(=O)C(=O)/C(=C(/O)c2cc(C(C)(C)C)ccc2OC)C1c1ccc(OC(C)=O)cc1. The second-order valence-corrected chi connectivity index (χ2v) is 9.32. The molecule has 0 spiro atoms. The number of carbonyl (C=O) groups is 3. The molecule has 180 valence electrons. The van der Waals surface area contributed by atoms with Crippen LogP contribution in [0, 0.1) is 0 Å². The number of nitrogens with zero attached hydrogens (tertiary/aromatic N) is 1. The van der Waals surface area contributed by atoms with Crippen LogP contribution in [0.15, 0.2) is 48.0 Å². The fourth-order valence-electron chi connectivity index (χ4n) is 4.09. The fourth-order valence-corrected chi connectivity index (χ4v) is 4.09. The molecule has 1 unspecified atom stereocenters. The van der Waals surface area contributed by atoms with Crippen molar-refractivity contribution >= 4 is 23.4 Å². The van der Waals surface area contributed by atoms with E-state index in [1.165, 1.54) is 18.9 Å². The normalized spacial score (nSPS) is 17.7. The molecule has 1 aliphatic heterocycles. The maximum absolute atomic E-state index is 13.2. The number of Topliss-reactive ketones (excluding diaryl/α,β-unsaturated/α-hetero) is 1. The summed E-state index contributed by atoms with van der Waals surface area (Å²) in [7, 11) is 1.49. The zero-order chi connectivity index (χ0) is 25.2. The van der Waals surface area contributed by atoms with Crippen LogP contribution in [0.4, 0.5) is 0 Å². The lowest BCUT2D eigenvalue weighted by molar-refractivity contribution is -0.139. The van der Waals surface area contributed by atoms with Crippen molar-refractivity contribution < 1.29 is 29.0 Å². The zero-order valence-corrected chi connectivity index (χ0v) is 20.5. The van der Waals surface area contributed by atoms with Crippen molar-refractivity contribution in [2.75, 3.05) is 13.7 Å². The molecule has 1 aliphatic rings. The first-order valence-corrected chi connectivity index (χ1v) is 11.2. The summed E-state index contributed by atoms with van der Waals surface area (Å²) in [6, 6.07) is 11.3. The van der Waals surface area contributed by atoms with Gasteiger partial charge < -0.3 is 19.5 Å². The molecule has 1 atom stereocenters. The van der Waals surface area contributed by atoms with Crippen molar-refractivity contribution in [3.8, 4) is 11.5 Å². The first-order valence-electron chi connectivity index (χ1n) is 11.2. The van der Waals surface area contributed by atoms with E-state index >= 15 is 0 Å². The van der Waals surface area contributed by atoms with Gasteiger partial charge >= 0.3 is 5.97 Å². The lowest BCUT2D eigenvalue weighted by Crippen LogP contribution is -2.30. The van der Waals surface area contributed by atoms with Crippen molar-refractivity contribution in [1.29, 1.82) is 0 Å². The minimum Gasteiger partial charge on any atom is -0.507 e. The smallest absolute Gasteiger partial charge is 0.308 e. The van der Waals surface area contributed by atoms with Crippen LogP contribution in [0.3, 0.4) is 0 Å². The third-order valence-electron chi connectivity index (χ3n) is 5.78. The maximum atomic E-state index is 13.2. The summed E-state index contributed by atoms with van der Waals surface area (Å²) in [5, 5.41) is 11.4. The number of esters is 1. The molecule has 0 radical (unpaired) electrons. The highest BCUT2D eigenvalue weighted by molar-refractivity contribution is 6.46. The van der Waals surface area contributed by atoms with E-state index in [0.717, 1.165) is 5.56 Å². The minimum atomic E-state index is -0.783. The van der Waals surface area contributed by atoms with Gasteiger partial charge in [-0.15, -0.1) is 0 Å². The van der Waals surface area contributed by atoms with Gasteiger partial charge in [0, 0.05) is 13.5 Å². The van der Waals surface area contributed by atoms with Crippen molar-refractivity contribution in [2.24, 2.45) is 0 Å². The Labute approximate surface area is 200 Å². The van der Waals surface area contributed by atoms with Crippen LogP contribution in [0.1, 0.15) is 63.8 Å². The lowest BCUT2D eigenvalue weighted by atomic mass is 9.85. The van der Waals surface area contributed by atoms with E-state index in [4.69, 9.17) is 9.47 Å². The van der Waals surface area contributed by atoms with E-state index in [-0.39, 0.29) is 16.7 Å². The first kappa shape index (κ1) is 25.0. The fraction of sp³-hybridized carbons (Fsp3) is 0.370. The largest absolute Gasteiger partial charge is 0.507 e. The monoisotopic (exact) mass is 465 g/mol. The molecule has 34 heavy (non-hydrogen) atoms. The Morgan fingerprint density at radius 2 is 1.74 bits per heavy atom. The number of hydrogen-bond donors (Lipinski definition) is 1. The number of rotatable bonds is 6. The molecule has 1 fully saturated rings. The quantitative estimate of drug-likeness (QED) is 0.218. The van der Waals surface area contributed by atoms with Gasteiger partial charge in [0.2, 0.25) is 0 Å².